The van der Waals surface area contributed by atoms with Crippen LogP contribution in [-0.2, 0) is 0 Å². The molecule has 0 aliphatic carbocycles. The molecule has 2 rings (SSSR count). The molecule has 0 saturated carbocycles. The van der Waals surface area contributed by atoms with E-state index in [-0.39, 0.29) is 6.61 Å². The SMILES string of the molecule is OCCCNC1CCCN(c2ccc(F)c(F)c2)C1. The van der Waals surface area contributed by atoms with Crippen molar-refractivity contribution in [3.63, 3.8) is 0 Å². The van der Waals surface area contributed by atoms with E-state index < -0.39 is 11.6 Å². The smallest absolute Gasteiger partial charge is 0.160 e. The first-order valence-electron chi connectivity index (χ1n) is 6.75. The first-order valence-corrected chi connectivity index (χ1v) is 6.75. The summed E-state index contributed by atoms with van der Waals surface area (Å²) in [6.45, 7) is 2.62. The van der Waals surface area contributed by atoms with E-state index >= 15 is 0 Å². The van der Waals surface area contributed by atoms with E-state index in [9.17, 15) is 8.78 Å². The Kier molecular flexibility index (Phi) is 5.10. The van der Waals surface area contributed by atoms with Crippen LogP contribution in [0.1, 0.15) is 19.3 Å². The number of piperidine rings is 1. The third kappa shape index (κ3) is 3.88. The van der Waals surface area contributed by atoms with Gasteiger partial charge in [0.05, 0.1) is 0 Å². The quantitative estimate of drug-likeness (QED) is 0.802. The minimum Gasteiger partial charge on any atom is -0.396 e. The standard InChI is InChI=1S/C14H20F2N2O/c15-13-5-4-12(9-14(13)16)18-7-1-3-11(10-18)17-6-2-8-19/h4-5,9,11,17,19H,1-3,6-8,10H2. The zero-order chi connectivity index (χ0) is 13.7. The van der Waals surface area contributed by atoms with Gasteiger partial charge in [-0.05, 0) is 37.9 Å². The van der Waals surface area contributed by atoms with E-state index in [2.05, 4.69) is 10.2 Å². The number of hydrogen-bond donors (Lipinski definition) is 2. The number of aliphatic hydroxyl groups excluding tert-OH is 1. The average Bonchev–Trinajstić information content (AvgIpc) is 2.43. The highest BCUT2D eigenvalue weighted by atomic mass is 19.2. The van der Waals surface area contributed by atoms with Crippen LogP contribution in [0.2, 0.25) is 0 Å². The number of nitrogens with zero attached hydrogens (tertiary/aromatic N) is 1. The van der Waals surface area contributed by atoms with E-state index in [1.54, 1.807) is 6.07 Å². The number of benzene rings is 1. The number of aliphatic hydroxyl groups is 1. The predicted molar refractivity (Wildman–Crippen MR) is 71.3 cm³/mol. The maximum absolute atomic E-state index is 13.2. The van der Waals surface area contributed by atoms with Gasteiger partial charge in [-0.15, -0.1) is 0 Å². The Hall–Kier alpha value is -1.20. The maximum Gasteiger partial charge on any atom is 0.160 e. The van der Waals surface area contributed by atoms with Crippen molar-refractivity contribution in [3.05, 3.63) is 29.8 Å². The van der Waals surface area contributed by atoms with Gasteiger partial charge in [0.1, 0.15) is 0 Å². The average molecular weight is 270 g/mol. The number of hydrogen-bond acceptors (Lipinski definition) is 3. The van der Waals surface area contributed by atoms with Gasteiger partial charge in [0, 0.05) is 37.5 Å². The zero-order valence-electron chi connectivity index (χ0n) is 10.9. The van der Waals surface area contributed by atoms with Gasteiger partial charge in [-0.25, -0.2) is 8.78 Å². The molecule has 0 amide bonds. The molecule has 0 bridgehead atoms. The molecule has 1 aromatic rings. The normalized spacial score (nSPS) is 19.7. The van der Waals surface area contributed by atoms with Gasteiger partial charge in [0.2, 0.25) is 0 Å². The molecule has 5 heteroatoms. The lowest BCUT2D eigenvalue weighted by atomic mass is 10.0. The molecule has 1 aromatic carbocycles. The van der Waals surface area contributed by atoms with Crippen LogP contribution in [0.3, 0.4) is 0 Å². The van der Waals surface area contributed by atoms with Crippen molar-refractivity contribution >= 4 is 5.69 Å². The first kappa shape index (κ1) is 14.2. The van der Waals surface area contributed by atoms with Crippen LogP contribution in [0.5, 0.6) is 0 Å². The molecule has 106 valence electrons. The Morgan fingerprint density at radius 3 is 2.89 bits per heavy atom. The highest BCUT2D eigenvalue weighted by molar-refractivity contribution is 5.47. The van der Waals surface area contributed by atoms with E-state index in [1.807, 2.05) is 0 Å². The van der Waals surface area contributed by atoms with Crippen LogP contribution in [0.15, 0.2) is 18.2 Å². The van der Waals surface area contributed by atoms with Crippen molar-refractivity contribution in [2.24, 2.45) is 0 Å². The molecule has 1 aliphatic rings. The van der Waals surface area contributed by atoms with E-state index in [0.717, 1.165) is 44.6 Å². The fraction of sp³-hybridized carbons (Fsp3) is 0.571. The molecule has 3 nitrogen and oxygen atoms in total. The topological polar surface area (TPSA) is 35.5 Å². The Morgan fingerprint density at radius 1 is 1.32 bits per heavy atom. The van der Waals surface area contributed by atoms with Crippen LogP contribution >= 0.6 is 0 Å². The molecule has 1 atom stereocenters. The number of anilines is 1. The second-order valence-corrected chi connectivity index (χ2v) is 4.91. The third-order valence-electron chi connectivity index (χ3n) is 3.46. The van der Waals surface area contributed by atoms with Crippen molar-refractivity contribution in [2.75, 3.05) is 31.1 Å². The summed E-state index contributed by atoms with van der Waals surface area (Å²) in [5.74, 6) is -1.61. The zero-order valence-corrected chi connectivity index (χ0v) is 10.9. The second-order valence-electron chi connectivity index (χ2n) is 4.91. The van der Waals surface area contributed by atoms with Gasteiger partial charge < -0.3 is 15.3 Å². The molecule has 1 heterocycles. The van der Waals surface area contributed by atoms with Crippen LogP contribution < -0.4 is 10.2 Å². The summed E-state index contributed by atoms with van der Waals surface area (Å²) in [6.07, 6.45) is 2.84. The van der Waals surface area contributed by atoms with Gasteiger partial charge in [-0.3, -0.25) is 0 Å². The van der Waals surface area contributed by atoms with Crippen molar-refractivity contribution in [1.82, 2.24) is 5.32 Å². The summed E-state index contributed by atoms with van der Waals surface area (Å²) < 4.78 is 26.2. The first-order chi connectivity index (χ1) is 9.20. The Bertz CT molecular complexity index is 414. The Balaban J connectivity index is 1.94. The molecule has 2 N–H and O–H groups in total. The van der Waals surface area contributed by atoms with Crippen LogP contribution in [-0.4, -0.2) is 37.4 Å². The highest BCUT2D eigenvalue weighted by Crippen LogP contribution is 2.22. The molecule has 1 aliphatic heterocycles. The minimum absolute atomic E-state index is 0.187. The molecular weight excluding hydrogens is 250 g/mol. The third-order valence-corrected chi connectivity index (χ3v) is 3.46. The van der Waals surface area contributed by atoms with Crippen molar-refractivity contribution in [2.45, 2.75) is 25.3 Å². The van der Waals surface area contributed by atoms with Gasteiger partial charge in [-0.2, -0.15) is 0 Å². The maximum atomic E-state index is 13.2. The molecular formula is C14H20F2N2O. The number of rotatable bonds is 5. The lowest BCUT2D eigenvalue weighted by molar-refractivity contribution is 0.280. The van der Waals surface area contributed by atoms with Gasteiger partial charge in [0.15, 0.2) is 11.6 Å². The summed E-state index contributed by atoms with van der Waals surface area (Å²) in [7, 11) is 0. The molecule has 0 radical (unpaired) electrons. The molecule has 0 spiro atoms. The lowest BCUT2D eigenvalue weighted by Crippen LogP contribution is -2.46. The summed E-state index contributed by atoms with van der Waals surface area (Å²) in [4.78, 5) is 2.07. The fourth-order valence-electron chi connectivity index (χ4n) is 2.45. The Labute approximate surface area is 112 Å². The monoisotopic (exact) mass is 270 g/mol. The molecule has 1 saturated heterocycles. The molecule has 1 fully saturated rings. The summed E-state index contributed by atoms with van der Waals surface area (Å²) >= 11 is 0. The van der Waals surface area contributed by atoms with E-state index in [0.29, 0.717) is 6.04 Å². The molecule has 1 unspecified atom stereocenters. The Morgan fingerprint density at radius 2 is 2.16 bits per heavy atom. The van der Waals surface area contributed by atoms with Crippen molar-refractivity contribution < 1.29 is 13.9 Å². The number of halogens is 2. The van der Waals surface area contributed by atoms with Gasteiger partial charge in [0.25, 0.3) is 0 Å². The highest BCUT2D eigenvalue weighted by Gasteiger charge is 2.20. The largest absolute Gasteiger partial charge is 0.396 e. The van der Waals surface area contributed by atoms with E-state index in [4.69, 9.17) is 5.11 Å². The van der Waals surface area contributed by atoms with Crippen molar-refractivity contribution in [1.29, 1.82) is 0 Å². The predicted octanol–water partition coefficient (Wildman–Crippen LogP) is 1.91. The number of nitrogens with one attached hydrogen (secondary N) is 1. The summed E-state index contributed by atoms with van der Waals surface area (Å²) in [6, 6.07) is 4.39. The fourth-order valence-corrected chi connectivity index (χ4v) is 2.45. The minimum atomic E-state index is -0.807. The van der Waals surface area contributed by atoms with Gasteiger partial charge in [-0.1, -0.05) is 0 Å². The van der Waals surface area contributed by atoms with Crippen LogP contribution in [0.4, 0.5) is 14.5 Å². The van der Waals surface area contributed by atoms with E-state index in [1.165, 1.54) is 12.1 Å². The van der Waals surface area contributed by atoms with Gasteiger partial charge >= 0.3 is 0 Å². The molecule has 19 heavy (non-hydrogen) atoms. The lowest BCUT2D eigenvalue weighted by Gasteiger charge is -2.35. The van der Waals surface area contributed by atoms with Crippen LogP contribution in [0, 0.1) is 11.6 Å². The van der Waals surface area contributed by atoms with Crippen molar-refractivity contribution in [3.8, 4) is 0 Å². The molecule has 0 aromatic heterocycles. The second kappa shape index (κ2) is 6.82. The van der Waals surface area contributed by atoms with Crippen LogP contribution in [0.25, 0.3) is 0 Å². The summed E-state index contributed by atoms with van der Waals surface area (Å²) in [5, 5.41) is 12.1. The summed E-state index contributed by atoms with van der Waals surface area (Å²) in [5.41, 5.74) is 0.729.